The smallest absolute Gasteiger partial charge is 0.780 e. The molecule has 0 aromatic heterocycles. The van der Waals surface area contributed by atoms with Crippen LogP contribution in [0.5, 0.6) is 17.2 Å². The van der Waals surface area contributed by atoms with Gasteiger partial charge < -0.3 is 66.8 Å². The summed E-state index contributed by atoms with van der Waals surface area (Å²) in [7, 11) is -17.3. The predicted octanol–water partition coefficient (Wildman–Crippen LogP) is -3.56. The van der Waals surface area contributed by atoms with E-state index in [9.17, 15) is 47.9 Å². The molecule has 2 aromatic rings. The van der Waals surface area contributed by atoms with E-state index >= 15 is 0 Å². The Morgan fingerprint density at radius 2 is 1.29 bits per heavy atom. The first-order valence-corrected chi connectivity index (χ1v) is 18.1. The molecule has 1 aliphatic heterocycles. The van der Waals surface area contributed by atoms with Crippen molar-refractivity contribution in [1.29, 1.82) is 0 Å². The summed E-state index contributed by atoms with van der Waals surface area (Å²) in [6, 6.07) is 4.98. The summed E-state index contributed by atoms with van der Waals surface area (Å²) in [5.74, 6) is -3.21. The van der Waals surface area contributed by atoms with Gasteiger partial charge in [0.15, 0.2) is 5.75 Å². The zero-order valence-corrected chi connectivity index (χ0v) is 33.9. The third-order valence-electron chi connectivity index (χ3n) is 6.48. The van der Waals surface area contributed by atoms with Crippen molar-refractivity contribution in [3.63, 3.8) is 0 Å². The van der Waals surface area contributed by atoms with Crippen LogP contribution in [-0.2, 0) is 13.7 Å². The molecule has 0 atom stereocenters. The van der Waals surface area contributed by atoms with Crippen molar-refractivity contribution in [2.24, 2.45) is 0 Å². The van der Waals surface area contributed by atoms with Crippen molar-refractivity contribution in [3.05, 3.63) is 70.8 Å². The molecule has 0 saturated carbocycles. The van der Waals surface area contributed by atoms with Crippen molar-refractivity contribution >= 4 is 46.4 Å². The van der Waals surface area contributed by atoms with Crippen LogP contribution in [0.15, 0.2) is 65.3 Å². The van der Waals surface area contributed by atoms with Crippen LogP contribution in [0.25, 0.3) is 0 Å². The van der Waals surface area contributed by atoms with E-state index in [0.717, 1.165) is 35.4 Å². The molecule has 48 heavy (non-hydrogen) atoms. The van der Waals surface area contributed by atoms with Gasteiger partial charge in [0.25, 0.3) is 5.91 Å². The van der Waals surface area contributed by atoms with Crippen LogP contribution in [0, 0.1) is 0 Å². The van der Waals surface area contributed by atoms with E-state index in [4.69, 9.17) is 0 Å². The number of anilines is 3. The van der Waals surface area contributed by atoms with Gasteiger partial charge in [-0.2, -0.15) is 0 Å². The van der Waals surface area contributed by atoms with Gasteiger partial charge in [0.2, 0.25) is 0 Å². The largest absolute Gasteiger partial charge is 1.00 e. The van der Waals surface area contributed by atoms with Gasteiger partial charge in [-0.1, -0.05) is 41.0 Å². The first-order valence-electron chi connectivity index (χ1n) is 13.7. The standard InChI is InChI=1S/C28H37N2O13P3.2Na/c1-18(2)8-5-9-19(3)10-6-11-20(4)14-15-30-23-16-21(41-44(32,33)34)17-25(43-46(38,39)40)27(23)29-26-22(28(30)31)12-7-13-24(26)42-45(35,36)37;;/h7-8,10,12-14,16-17,29H,5-6,9,11,15H2,1-4H3,(H2,32,33,34)(H2,35,36,37)(H2,38,39,40);;/q;2*+1/p-6/b19-10+,20-14+;;. The fourth-order valence-corrected chi connectivity index (χ4v) is 5.61. The van der Waals surface area contributed by atoms with Crippen LogP contribution in [0.3, 0.4) is 0 Å². The summed E-state index contributed by atoms with van der Waals surface area (Å²) in [5.41, 5.74) is 1.80. The van der Waals surface area contributed by atoms with Gasteiger partial charge in [-0.05, 0) is 65.5 Å². The summed E-state index contributed by atoms with van der Waals surface area (Å²) < 4.78 is 47.9. The maximum atomic E-state index is 13.9. The number of hydrogen-bond donors (Lipinski definition) is 1. The third-order valence-corrected chi connectivity index (χ3v) is 7.76. The van der Waals surface area contributed by atoms with Crippen molar-refractivity contribution in [2.45, 2.75) is 53.4 Å². The van der Waals surface area contributed by atoms with Crippen LogP contribution in [0.1, 0.15) is 63.7 Å². The number of phosphoric ester groups is 3. The third kappa shape index (κ3) is 14.6. The number of nitrogens with one attached hydrogen (secondary N) is 1. The summed E-state index contributed by atoms with van der Waals surface area (Å²) >= 11 is 0. The number of benzene rings is 2. The Morgan fingerprint density at radius 1 is 0.750 bits per heavy atom. The monoisotopic (exact) mass is 742 g/mol. The fraction of sp³-hybridized carbons (Fsp3) is 0.321. The summed E-state index contributed by atoms with van der Waals surface area (Å²) in [5, 5.41) is 2.57. The van der Waals surface area contributed by atoms with E-state index in [1.807, 2.05) is 20.8 Å². The minimum Gasteiger partial charge on any atom is -0.780 e. The number of fused-ring (bicyclic) bond motifs is 2. The molecule has 0 fully saturated rings. The van der Waals surface area contributed by atoms with E-state index in [1.165, 1.54) is 23.3 Å². The Balaban J connectivity index is 0.00000576. The van der Waals surface area contributed by atoms with E-state index < -0.39 is 58.0 Å². The van der Waals surface area contributed by atoms with Crippen LogP contribution < -0.4 is 112 Å². The molecule has 3 rings (SSSR count). The molecule has 1 amide bonds. The topological polar surface area (TPSA) is 250 Å². The molecule has 0 bridgehead atoms. The zero-order valence-electron chi connectivity index (χ0n) is 27.3. The van der Waals surface area contributed by atoms with Crippen LogP contribution in [0.4, 0.5) is 17.1 Å². The van der Waals surface area contributed by atoms with Crippen LogP contribution >= 0.6 is 23.5 Å². The number of rotatable bonds is 14. The molecule has 20 heteroatoms. The average Bonchev–Trinajstić information content (AvgIpc) is 2.99. The number of phosphoric acid groups is 3. The minimum atomic E-state index is -5.87. The number of allylic oxidation sites excluding steroid dienone is 5. The van der Waals surface area contributed by atoms with Crippen molar-refractivity contribution in [2.75, 3.05) is 16.8 Å². The van der Waals surface area contributed by atoms with E-state index in [1.54, 1.807) is 13.0 Å². The molecule has 252 valence electrons. The molecule has 0 unspecified atom stereocenters. The van der Waals surface area contributed by atoms with Gasteiger partial charge in [0, 0.05) is 18.7 Å². The van der Waals surface area contributed by atoms with Gasteiger partial charge in [-0.15, -0.1) is 0 Å². The SMILES string of the molecule is CC(C)=CCC/C(C)=C/CC/C(C)=C/CN1C(=O)c2cccc(OP(=O)([O-])[O-])c2Nc2c(OP(=O)([O-])[O-])cc(OP(=O)([O-])[O-])cc21.[Na+].[Na+]. The number of nitrogens with zero attached hydrogens (tertiary/aromatic N) is 1. The number of carbonyl (C=O) groups is 1. The summed E-state index contributed by atoms with van der Waals surface area (Å²) in [4.78, 5) is 83.9. The normalized spacial score (nSPS) is 13.5. The molecule has 1 N–H and O–H groups in total. The van der Waals surface area contributed by atoms with Crippen LogP contribution in [-0.4, -0.2) is 12.5 Å². The minimum absolute atomic E-state index is 0. The molecule has 0 spiro atoms. The number of amides is 1. The van der Waals surface area contributed by atoms with E-state index in [0.29, 0.717) is 18.9 Å². The van der Waals surface area contributed by atoms with Crippen molar-refractivity contribution < 1.29 is 121 Å². The van der Waals surface area contributed by atoms with Gasteiger partial charge >= 0.3 is 59.1 Å². The summed E-state index contributed by atoms with van der Waals surface area (Å²) in [6.07, 6.45) is 8.99. The van der Waals surface area contributed by atoms with E-state index in [-0.39, 0.29) is 76.9 Å². The first-order chi connectivity index (χ1) is 21.2. The Morgan fingerprint density at radius 3 is 1.85 bits per heavy atom. The number of para-hydroxylation sites is 1. The Kier molecular flexibility index (Phi) is 17.6. The van der Waals surface area contributed by atoms with Gasteiger partial charge in [-0.25, -0.2) is 0 Å². The molecule has 1 heterocycles. The van der Waals surface area contributed by atoms with Gasteiger partial charge in [0.05, 0.1) is 16.9 Å². The second-order valence-corrected chi connectivity index (χ2v) is 13.8. The zero-order chi connectivity index (χ0) is 34.4. The average molecular weight is 742 g/mol. The molecule has 1 aliphatic rings. The second kappa shape index (κ2) is 18.9. The summed E-state index contributed by atoms with van der Waals surface area (Å²) in [6.45, 7) is 7.66. The Hall–Kier alpha value is -1.22. The first kappa shape index (κ1) is 44.8. The Bertz CT molecular complexity index is 1710. The van der Waals surface area contributed by atoms with Gasteiger partial charge in [-0.3, -0.25) is 4.79 Å². The number of hydrogen-bond acceptors (Lipinski definition) is 14. The molecule has 2 aromatic carbocycles. The van der Waals surface area contributed by atoms with Gasteiger partial charge in [0.1, 0.15) is 40.7 Å². The van der Waals surface area contributed by atoms with Crippen molar-refractivity contribution in [1.82, 2.24) is 0 Å². The predicted molar refractivity (Wildman–Crippen MR) is 158 cm³/mol. The molecule has 15 nitrogen and oxygen atoms in total. The second-order valence-electron chi connectivity index (χ2n) is 10.6. The number of carbonyl (C=O) groups excluding carboxylic acids is 1. The molecule has 0 saturated heterocycles. The van der Waals surface area contributed by atoms with E-state index in [2.05, 4.69) is 31.0 Å². The molecular weight excluding hydrogens is 711 g/mol. The Labute approximate surface area is 322 Å². The van der Waals surface area contributed by atoms with Crippen LogP contribution in [0.2, 0.25) is 0 Å². The maximum absolute atomic E-state index is 13.9. The quantitative estimate of drug-likeness (QED) is 0.112. The molecule has 0 aliphatic carbocycles. The molecular formula is C28H31N2Na2O13P3-4. The molecule has 0 radical (unpaired) electrons. The maximum Gasteiger partial charge on any atom is 1.00 e. The van der Waals surface area contributed by atoms with Crippen molar-refractivity contribution in [3.8, 4) is 17.2 Å². The fourth-order valence-electron chi connectivity index (χ4n) is 4.47.